The minimum Gasteiger partial charge on any atom is -0.396 e. The third-order valence-electron chi connectivity index (χ3n) is 2.83. The molecule has 1 fully saturated rings. The summed E-state index contributed by atoms with van der Waals surface area (Å²) in [5.41, 5.74) is 6.41. The van der Waals surface area contributed by atoms with E-state index in [1.54, 1.807) is 0 Å². The van der Waals surface area contributed by atoms with E-state index < -0.39 is 0 Å². The van der Waals surface area contributed by atoms with Crippen molar-refractivity contribution in [2.24, 2.45) is 0 Å². The van der Waals surface area contributed by atoms with Gasteiger partial charge in [0.25, 0.3) is 5.91 Å². The van der Waals surface area contributed by atoms with Gasteiger partial charge in [0.2, 0.25) is 0 Å². The lowest BCUT2D eigenvalue weighted by atomic mass is 10.2. The van der Waals surface area contributed by atoms with Crippen molar-refractivity contribution in [3.05, 3.63) is 17.7 Å². The van der Waals surface area contributed by atoms with Crippen LogP contribution in [-0.2, 0) is 0 Å². The summed E-state index contributed by atoms with van der Waals surface area (Å²) in [7, 11) is 0. The summed E-state index contributed by atoms with van der Waals surface area (Å²) in [6.07, 6.45) is 2.53. The normalized spacial score (nSPS) is 19.2. The van der Waals surface area contributed by atoms with E-state index in [0.29, 0.717) is 17.2 Å². The Kier molecular flexibility index (Phi) is 4.06. The zero-order valence-corrected chi connectivity index (χ0v) is 11.5. The first-order valence-corrected chi connectivity index (χ1v) is 7.24. The number of rotatable bonds is 3. The molecule has 3 N–H and O–H groups in total. The van der Waals surface area contributed by atoms with Crippen LogP contribution in [0.1, 0.15) is 42.5 Å². The Labute approximate surface area is 111 Å². The molecule has 1 aliphatic rings. The molecule has 1 atom stereocenters. The summed E-state index contributed by atoms with van der Waals surface area (Å²) in [5, 5.41) is 2.97. The van der Waals surface area contributed by atoms with Crippen LogP contribution in [0, 0.1) is 0 Å². The topological polar surface area (TPSA) is 80.9 Å². The van der Waals surface area contributed by atoms with Crippen molar-refractivity contribution in [3.8, 4) is 0 Å². The summed E-state index contributed by atoms with van der Waals surface area (Å²) in [6.45, 7) is 3.97. The maximum absolute atomic E-state index is 12.1. The summed E-state index contributed by atoms with van der Waals surface area (Å²) >= 11 is 1.85. The molecule has 1 saturated heterocycles. The Morgan fingerprint density at radius 3 is 3.00 bits per heavy atom. The van der Waals surface area contributed by atoms with Gasteiger partial charge in [-0.2, -0.15) is 11.8 Å². The Hall–Kier alpha value is -1.30. The molecule has 1 aliphatic heterocycles. The number of nitrogens with one attached hydrogen (secondary N) is 1. The van der Waals surface area contributed by atoms with Crippen molar-refractivity contribution < 1.29 is 4.79 Å². The van der Waals surface area contributed by atoms with Gasteiger partial charge < -0.3 is 11.1 Å². The number of carbonyl (C=O) groups excluding carboxylic acids is 1. The van der Waals surface area contributed by atoms with E-state index in [4.69, 9.17) is 5.73 Å². The van der Waals surface area contributed by atoms with Gasteiger partial charge in [-0.05, 0) is 12.2 Å². The molecule has 1 aromatic heterocycles. The first-order chi connectivity index (χ1) is 8.58. The van der Waals surface area contributed by atoms with Crippen molar-refractivity contribution in [1.82, 2.24) is 15.3 Å². The van der Waals surface area contributed by atoms with E-state index in [0.717, 1.165) is 17.9 Å². The number of nitrogen functional groups attached to an aromatic ring is 1. The van der Waals surface area contributed by atoms with E-state index in [2.05, 4.69) is 15.3 Å². The standard InChI is InChI=1S/C12H18N4OS/c1-7(2)11-14-5-9(13)10(16-11)12(17)15-8-3-4-18-6-8/h5,7-8H,3-4,6,13H2,1-2H3,(H,15,17). The minimum absolute atomic E-state index is 0.180. The Morgan fingerprint density at radius 2 is 2.39 bits per heavy atom. The van der Waals surface area contributed by atoms with Gasteiger partial charge in [0.15, 0.2) is 5.69 Å². The lowest BCUT2D eigenvalue weighted by molar-refractivity contribution is 0.0936. The monoisotopic (exact) mass is 266 g/mol. The van der Waals surface area contributed by atoms with Gasteiger partial charge in [-0.15, -0.1) is 0 Å². The summed E-state index contributed by atoms with van der Waals surface area (Å²) in [5.74, 6) is 2.70. The average molecular weight is 266 g/mol. The van der Waals surface area contributed by atoms with E-state index in [9.17, 15) is 4.79 Å². The van der Waals surface area contributed by atoms with Crippen molar-refractivity contribution in [3.63, 3.8) is 0 Å². The number of hydrogen-bond donors (Lipinski definition) is 2. The van der Waals surface area contributed by atoms with Crippen LogP contribution in [0.4, 0.5) is 5.69 Å². The fourth-order valence-electron chi connectivity index (χ4n) is 1.77. The van der Waals surface area contributed by atoms with Crippen molar-refractivity contribution >= 4 is 23.4 Å². The van der Waals surface area contributed by atoms with Crippen LogP contribution < -0.4 is 11.1 Å². The Bertz CT molecular complexity index is 444. The van der Waals surface area contributed by atoms with E-state index >= 15 is 0 Å². The number of aromatic nitrogens is 2. The number of nitrogens with zero attached hydrogens (tertiary/aromatic N) is 2. The van der Waals surface area contributed by atoms with Crippen molar-refractivity contribution in [2.75, 3.05) is 17.2 Å². The fourth-order valence-corrected chi connectivity index (χ4v) is 2.92. The van der Waals surface area contributed by atoms with Gasteiger partial charge in [-0.25, -0.2) is 9.97 Å². The van der Waals surface area contributed by atoms with Crippen LogP contribution in [0.15, 0.2) is 6.20 Å². The van der Waals surface area contributed by atoms with Crippen LogP contribution in [0.25, 0.3) is 0 Å². The van der Waals surface area contributed by atoms with Gasteiger partial charge in [0.1, 0.15) is 5.82 Å². The molecule has 0 radical (unpaired) electrons. The number of carbonyl (C=O) groups is 1. The molecule has 0 saturated carbocycles. The average Bonchev–Trinajstić information content (AvgIpc) is 2.81. The van der Waals surface area contributed by atoms with Gasteiger partial charge >= 0.3 is 0 Å². The minimum atomic E-state index is -0.190. The molecule has 1 unspecified atom stereocenters. The van der Waals surface area contributed by atoms with Gasteiger partial charge in [0, 0.05) is 17.7 Å². The van der Waals surface area contributed by atoms with Crippen LogP contribution >= 0.6 is 11.8 Å². The number of amides is 1. The predicted octanol–water partition coefficient (Wildman–Crippen LogP) is 1.42. The number of nitrogens with two attached hydrogens (primary N) is 1. The van der Waals surface area contributed by atoms with Crippen LogP contribution in [0.3, 0.4) is 0 Å². The third-order valence-corrected chi connectivity index (χ3v) is 3.99. The number of anilines is 1. The molecule has 1 amide bonds. The molecule has 0 aliphatic carbocycles. The molecule has 0 bridgehead atoms. The fraction of sp³-hybridized carbons (Fsp3) is 0.583. The molecule has 6 heteroatoms. The number of thioether (sulfide) groups is 1. The highest BCUT2D eigenvalue weighted by Gasteiger charge is 2.21. The van der Waals surface area contributed by atoms with E-state index in [-0.39, 0.29) is 17.9 Å². The molecular weight excluding hydrogens is 248 g/mol. The highest BCUT2D eigenvalue weighted by atomic mass is 32.2. The van der Waals surface area contributed by atoms with Crippen LogP contribution in [0.5, 0.6) is 0 Å². The molecule has 18 heavy (non-hydrogen) atoms. The number of hydrogen-bond acceptors (Lipinski definition) is 5. The quantitative estimate of drug-likeness (QED) is 0.864. The predicted molar refractivity (Wildman–Crippen MR) is 73.7 cm³/mol. The molecule has 98 valence electrons. The Morgan fingerprint density at radius 1 is 1.61 bits per heavy atom. The van der Waals surface area contributed by atoms with Gasteiger partial charge in [-0.3, -0.25) is 4.79 Å². The van der Waals surface area contributed by atoms with Crippen LogP contribution in [-0.4, -0.2) is 33.4 Å². The second-order valence-electron chi connectivity index (χ2n) is 4.72. The molecule has 2 rings (SSSR count). The lowest BCUT2D eigenvalue weighted by Crippen LogP contribution is -2.35. The maximum Gasteiger partial charge on any atom is 0.272 e. The first kappa shape index (κ1) is 13.1. The molecular formula is C12H18N4OS. The Balaban J connectivity index is 2.15. The summed E-state index contributed by atoms with van der Waals surface area (Å²) < 4.78 is 0. The lowest BCUT2D eigenvalue weighted by Gasteiger charge is -2.13. The highest BCUT2D eigenvalue weighted by molar-refractivity contribution is 7.99. The molecule has 5 nitrogen and oxygen atoms in total. The maximum atomic E-state index is 12.1. The summed E-state index contributed by atoms with van der Waals surface area (Å²) in [4.78, 5) is 20.5. The van der Waals surface area contributed by atoms with Crippen molar-refractivity contribution in [2.45, 2.75) is 32.2 Å². The van der Waals surface area contributed by atoms with Gasteiger partial charge in [-0.1, -0.05) is 13.8 Å². The second-order valence-corrected chi connectivity index (χ2v) is 5.87. The van der Waals surface area contributed by atoms with Gasteiger partial charge in [0.05, 0.1) is 11.9 Å². The molecule has 2 heterocycles. The van der Waals surface area contributed by atoms with Crippen molar-refractivity contribution in [1.29, 1.82) is 0 Å². The highest BCUT2D eigenvalue weighted by Crippen LogP contribution is 2.18. The largest absolute Gasteiger partial charge is 0.396 e. The smallest absolute Gasteiger partial charge is 0.272 e. The SMILES string of the molecule is CC(C)c1ncc(N)c(C(=O)NC2CCSC2)n1. The van der Waals surface area contributed by atoms with E-state index in [1.807, 2.05) is 25.6 Å². The summed E-state index contributed by atoms with van der Waals surface area (Å²) in [6, 6.07) is 0.236. The zero-order chi connectivity index (χ0) is 13.1. The first-order valence-electron chi connectivity index (χ1n) is 6.09. The molecule has 1 aromatic rings. The van der Waals surface area contributed by atoms with Crippen LogP contribution in [0.2, 0.25) is 0 Å². The molecule has 0 aromatic carbocycles. The zero-order valence-electron chi connectivity index (χ0n) is 10.6. The second kappa shape index (κ2) is 5.56. The molecule has 0 spiro atoms. The third kappa shape index (κ3) is 2.93. The van der Waals surface area contributed by atoms with E-state index in [1.165, 1.54) is 6.20 Å².